The smallest absolute Gasteiger partial charge is 0.261 e. The maximum absolute atomic E-state index is 11.3. The number of carbonyl (C=O) groups is 1. The number of amides is 1. The van der Waals surface area contributed by atoms with E-state index in [-0.39, 0.29) is 11.9 Å². The molecule has 0 fully saturated rings. The maximum atomic E-state index is 11.3. The minimum absolute atomic E-state index is 0.0494. The van der Waals surface area contributed by atoms with Gasteiger partial charge in [0.15, 0.2) is 0 Å². The molecule has 0 aliphatic rings. The van der Waals surface area contributed by atoms with E-state index in [0.717, 1.165) is 0 Å². The van der Waals surface area contributed by atoms with Crippen LogP contribution in [0, 0.1) is 0 Å². The standard InChI is InChI=1S/C8H12N2OS/c1-5(2)10-8(11)6-3-4-7(9)12-6/h3-5H,9H2,1-2H3,(H,10,11). The van der Waals surface area contributed by atoms with Gasteiger partial charge in [0.05, 0.1) is 9.88 Å². The molecule has 1 rings (SSSR count). The number of rotatable bonds is 2. The van der Waals surface area contributed by atoms with Crippen LogP contribution in [0.25, 0.3) is 0 Å². The van der Waals surface area contributed by atoms with Crippen molar-refractivity contribution in [2.24, 2.45) is 0 Å². The van der Waals surface area contributed by atoms with Crippen molar-refractivity contribution in [2.45, 2.75) is 19.9 Å². The topological polar surface area (TPSA) is 55.1 Å². The Hall–Kier alpha value is -1.03. The number of nitrogens with one attached hydrogen (secondary N) is 1. The number of nitrogens with two attached hydrogens (primary N) is 1. The average Bonchev–Trinajstić information content (AvgIpc) is 2.34. The molecule has 66 valence electrons. The monoisotopic (exact) mass is 184 g/mol. The zero-order chi connectivity index (χ0) is 9.14. The number of anilines is 1. The fourth-order valence-corrected chi connectivity index (χ4v) is 1.49. The number of thiophene rings is 1. The summed E-state index contributed by atoms with van der Waals surface area (Å²) in [5.41, 5.74) is 5.49. The van der Waals surface area contributed by atoms with Gasteiger partial charge in [-0.1, -0.05) is 0 Å². The lowest BCUT2D eigenvalue weighted by Crippen LogP contribution is -2.29. The second-order valence-corrected chi connectivity index (χ2v) is 3.95. The lowest BCUT2D eigenvalue weighted by molar-refractivity contribution is 0.0947. The molecule has 0 aromatic carbocycles. The highest BCUT2D eigenvalue weighted by molar-refractivity contribution is 7.17. The first-order valence-electron chi connectivity index (χ1n) is 3.76. The summed E-state index contributed by atoms with van der Waals surface area (Å²) in [4.78, 5) is 12.0. The molecule has 3 N–H and O–H groups in total. The second-order valence-electron chi connectivity index (χ2n) is 2.83. The van der Waals surface area contributed by atoms with E-state index >= 15 is 0 Å². The van der Waals surface area contributed by atoms with Crippen LogP contribution in [0.1, 0.15) is 23.5 Å². The minimum atomic E-state index is -0.0494. The summed E-state index contributed by atoms with van der Waals surface area (Å²) in [6.07, 6.45) is 0. The van der Waals surface area contributed by atoms with Gasteiger partial charge < -0.3 is 11.1 Å². The summed E-state index contributed by atoms with van der Waals surface area (Å²) in [6.45, 7) is 3.85. The molecule has 12 heavy (non-hydrogen) atoms. The van der Waals surface area contributed by atoms with Gasteiger partial charge >= 0.3 is 0 Å². The fraction of sp³-hybridized carbons (Fsp3) is 0.375. The minimum Gasteiger partial charge on any atom is -0.391 e. The molecule has 0 radical (unpaired) electrons. The Balaban J connectivity index is 2.65. The number of carbonyl (C=O) groups excluding carboxylic acids is 1. The van der Waals surface area contributed by atoms with E-state index in [1.54, 1.807) is 12.1 Å². The molecular weight excluding hydrogens is 172 g/mol. The predicted molar refractivity (Wildman–Crippen MR) is 51.3 cm³/mol. The van der Waals surface area contributed by atoms with Gasteiger partial charge in [-0.25, -0.2) is 0 Å². The molecule has 1 heterocycles. The first-order chi connectivity index (χ1) is 5.59. The largest absolute Gasteiger partial charge is 0.391 e. The molecule has 0 bridgehead atoms. The first kappa shape index (κ1) is 9.06. The van der Waals surface area contributed by atoms with E-state index in [4.69, 9.17) is 5.73 Å². The van der Waals surface area contributed by atoms with E-state index < -0.39 is 0 Å². The van der Waals surface area contributed by atoms with Gasteiger partial charge in [-0.05, 0) is 26.0 Å². The number of hydrogen-bond acceptors (Lipinski definition) is 3. The lowest BCUT2D eigenvalue weighted by atomic mass is 10.3. The van der Waals surface area contributed by atoms with Gasteiger partial charge in [-0.15, -0.1) is 11.3 Å². The molecule has 0 atom stereocenters. The Kier molecular flexibility index (Phi) is 2.70. The van der Waals surface area contributed by atoms with Gasteiger partial charge in [-0.2, -0.15) is 0 Å². The van der Waals surface area contributed by atoms with Gasteiger partial charge in [0.2, 0.25) is 0 Å². The Morgan fingerprint density at radius 2 is 2.25 bits per heavy atom. The third kappa shape index (κ3) is 2.23. The highest BCUT2D eigenvalue weighted by Crippen LogP contribution is 2.17. The third-order valence-electron chi connectivity index (χ3n) is 1.27. The van der Waals surface area contributed by atoms with Crippen LogP contribution in [0.4, 0.5) is 5.00 Å². The first-order valence-corrected chi connectivity index (χ1v) is 4.57. The van der Waals surface area contributed by atoms with Crippen molar-refractivity contribution in [3.05, 3.63) is 17.0 Å². The normalized spacial score (nSPS) is 10.2. The van der Waals surface area contributed by atoms with Crippen LogP contribution < -0.4 is 11.1 Å². The van der Waals surface area contributed by atoms with E-state index in [0.29, 0.717) is 9.88 Å². The van der Waals surface area contributed by atoms with Crippen molar-refractivity contribution in [1.82, 2.24) is 5.32 Å². The van der Waals surface area contributed by atoms with Crippen LogP contribution in [0.15, 0.2) is 12.1 Å². The molecule has 0 unspecified atom stereocenters. The Bertz CT molecular complexity index is 280. The van der Waals surface area contributed by atoms with E-state index in [1.165, 1.54) is 11.3 Å². The summed E-state index contributed by atoms with van der Waals surface area (Å²) in [6, 6.07) is 3.64. The number of nitrogen functional groups attached to an aromatic ring is 1. The number of hydrogen-bond donors (Lipinski definition) is 2. The molecule has 0 aliphatic heterocycles. The van der Waals surface area contributed by atoms with Crippen molar-refractivity contribution in [1.29, 1.82) is 0 Å². The van der Waals surface area contributed by atoms with E-state index in [9.17, 15) is 4.79 Å². The highest BCUT2D eigenvalue weighted by Gasteiger charge is 2.08. The van der Waals surface area contributed by atoms with Crippen molar-refractivity contribution in [3.8, 4) is 0 Å². The summed E-state index contributed by atoms with van der Waals surface area (Å²) in [5, 5.41) is 3.46. The second kappa shape index (κ2) is 3.58. The van der Waals surface area contributed by atoms with Gasteiger partial charge in [0.1, 0.15) is 0 Å². The van der Waals surface area contributed by atoms with Crippen LogP contribution in [-0.2, 0) is 0 Å². The zero-order valence-electron chi connectivity index (χ0n) is 7.13. The van der Waals surface area contributed by atoms with Crippen LogP contribution in [0.2, 0.25) is 0 Å². The summed E-state index contributed by atoms with van der Waals surface area (Å²) < 4.78 is 0. The fourth-order valence-electron chi connectivity index (χ4n) is 0.808. The van der Waals surface area contributed by atoms with Crippen molar-refractivity contribution in [2.75, 3.05) is 5.73 Å². The third-order valence-corrected chi connectivity index (χ3v) is 2.18. The van der Waals surface area contributed by atoms with Gasteiger partial charge in [-0.3, -0.25) is 4.79 Å². The molecule has 0 saturated carbocycles. The van der Waals surface area contributed by atoms with Crippen LogP contribution in [0.5, 0.6) is 0 Å². The summed E-state index contributed by atoms with van der Waals surface area (Å²) in [5.74, 6) is -0.0494. The molecule has 0 spiro atoms. The highest BCUT2D eigenvalue weighted by atomic mass is 32.1. The Labute approximate surface area is 75.6 Å². The van der Waals surface area contributed by atoms with Crippen molar-refractivity contribution >= 4 is 22.2 Å². The molecule has 4 heteroatoms. The Morgan fingerprint density at radius 1 is 1.58 bits per heavy atom. The molecule has 0 saturated heterocycles. The van der Waals surface area contributed by atoms with Crippen molar-refractivity contribution < 1.29 is 4.79 Å². The van der Waals surface area contributed by atoms with Crippen LogP contribution in [0.3, 0.4) is 0 Å². The summed E-state index contributed by atoms with van der Waals surface area (Å²) >= 11 is 1.30. The van der Waals surface area contributed by atoms with Gasteiger partial charge in [0, 0.05) is 6.04 Å². The summed E-state index contributed by atoms with van der Waals surface area (Å²) in [7, 11) is 0. The van der Waals surface area contributed by atoms with E-state index in [1.807, 2.05) is 13.8 Å². The lowest BCUT2D eigenvalue weighted by Gasteiger charge is -2.05. The van der Waals surface area contributed by atoms with Crippen LogP contribution >= 0.6 is 11.3 Å². The zero-order valence-corrected chi connectivity index (χ0v) is 7.94. The molecular formula is C8H12N2OS. The average molecular weight is 184 g/mol. The van der Waals surface area contributed by atoms with Crippen LogP contribution in [-0.4, -0.2) is 11.9 Å². The SMILES string of the molecule is CC(C)NC(=O)c1ccc(N)s1. The maximum Gasteiger partial charge on any atom is 0.261 e. The molecule has 3 nitrogen and oxygen atoms in total. The predicted octanol–water partition coefficient (Wildman–Crippen LogP) is 1.47. The molecule has 0 aliphatic carbocycles. The Morgan fingerprint density at radius 3 is 2.67 bits per heavy atom. The van der Waals surface area contributed by atoms with E-state index in [2.05, 4.69) is 5.32 Å². The quantitative estimate of drug-likeness (QED) is 0.731. The molecule has 1 amide bonds. The molecule has 1 aromatic heterocycles. The van der Waals surface area contributed by atoms with Gasteiger partial charge in [0.25, 0.3) is 5.91 Å². The van der Waals surface area contributed by atoms with Crippen molar-refractivity contribution in [3.63, 3.8) is 0 Å². The molecule has 1 aromatic rings.